The van der Waals surface area contributed by atoms with E-state index in [2.05, 4.69) is 0 Å². The number of rotatable bonds is 4. The van der Waals surface area contributed by atoms with Crippen molar-refractivity contribution in [3.8, 4) is 0 Å². The lowest BCUT2D eigenvalue weighted by Crippen LogP contribution is -2.41. The third kappa shape index (κ3) is 3.00. The van der Waals surface area contributed by atoms with E-state index in [1.54, 1.807) is 31.4 Å². The summed E-state index contributed by atoms with van der Waals surface area (Å²) in [4.78, 5) is 1.05. The summed E-state index contributed by atoms with van der Waals surface area (Å²) in [6, 6.07) is 5.74. The highest BCUT2D eigenvalue weighted by molar-refractivity contribution is 7.93. The Morgan fingerprint density at radius 3 is 2.65 bits per heavy atom. The zero-order valence-corrected chi connectivity index (χ0v) is 14.6. The molecule has 0 radical (unpaired) electrons. The van der Waals surface area contributed by atoms with Gasteiger partial charge in [0.05, 0.1) is 18.3 Å². The molecule has 0 N–H and O–H groups in total. The molecule has 2 aromatic rings. The van der Waals surface area contributed by atoms with Gasteiger partial charge in [0.1, 0.15) is 10.7 Å². The van der Waals surface area contributed by atoms with Gasteiger partial charge in [0.2, 0.25) is 0 Å². The molecule has 1 aliphatic heterocycles. The van der Waals surface area contributed by atoms with E-state index < -0.39 is 10.0 Å². The minimum absolute atomic E-state index is 0.274. The van der Waals surface area contributed by atoms with Gasteiger partial charge in [-0.05, 0) is 55.5 Å². The average molecular weight is 355 g/mol. The van der Waals surface area contributed by atoms with Crippen LogP contribution in [0.1, 0.15) is 16.9 Å². The van der Waals surface area contributed by atoms with Crippen LogP contribution in [-0.2, 0) is 14.8 Å². The SMILES string of the molecule is Cc1cc(N([C@H]2CCOC2)S(=O)(=O)c2ccsc2C)ccc1F. The summed E-state index contributed by atoms with van der Waals surface area (Å²) in [6.45, 7) is 4.29. The van der Waals surface area contributed by atoms with Crippen molar-refractivity contribution in [2.24, 2.45) is 0 Å². The second-order valence-corrected chi connectivity index (χ2v) is 8.50. The van der Waals surface area contributed by atoms with Crippen molar-refractivity contribution in [3.63, 3.8) is 0 Å². The summed E-state index contributed by atoms with van der Waals surface area (Å²) in [5.74, 6) is -0.347. The van der Waals surface area contributed by atoms with Gasteiger partial charge in [-0.15, -0.1) is 11.3 Å². The van der Waals surface area contributed by atoms with Gasteiger partial charge in [0.15, 0.2) is 0 Å². The lowest BCUT2D eigenvalue weighted by atomic mass is 10.2. The smallest absolute Gasteiger partial charge is 0.265 e. The van der Waals surface area contributed by atoms with E-state index in [1.165, 1.54) is 27.8 Å². The molecular weight excluding hydrogens is 337 g/mol. The van der Waals surface area contributed by atoms with Gasteiger partial charge in [0, 0.05) is 11.5 Å². The van der Waals surface area contributed by atoms with Gasteiger partial charge in [0.25, 0.3) is 10.0 Å². The summed E-state index contributed by atoms with van der Waals surface area (Å²) in [5, 5.41) is 1.77. The first-order chi connectivity index (χ1) is 10.9. The van der Waals surface area contributed by atoms with E-state index in [4.69, 9.17) is 4.74 Å². The Kier molecular flexibility index (Phi) is 4.44. The molecule has 1 aromatic heterocycles. The Morgan fingerprint density at radius 1 is 1.30 bits per heavy atom. The number of ether oxygens (including phenoxy) is 1. The number of thiophene rings is 1. The highest BCUT2D eigenvalue weighted by Gasteiger charge is 2.35. The molecule has 3 rings (SSSR count). The van der Waals surface area contributed by atoms with E-state index in [9.17, 15) is 12.8 Å². The summed E-state index contributed by atoms with van der Waals surface area (Å²) in [6.07, 6.45) is 0.624. The molecule has 1 atom stereocenters. The minimum atomic E-state index is -3.71. The molecule has 124 valence electrons. The Bertz CT molecular complexity index is 810. The van der Waals surface area contributed by atoms with Crippen molar-refractivity contribution in [2.75, 3.05) is 17.5 Å². The fraction of sp³-hybridized carbons (Fsp3) is 0.375. The molecule has 1 saturated heterocycles. The lowest BCUT2D eigenvalue weighted by Gasteiger charge is -2.29. The van der Waals surface area contributed by atoms with Crippen LogP contribution in [-0.4, -0.2) is 27.7 Å². The van der Waals surface area contributed by atoms with Crippen molar-refractivity contribution >= 4 is 27.0 Å². The zero-order valence-electron chi connectivity index (χ0n) is 13.0. The van der Waals surface area contributed by atoms with Crippen LogP contribution in [0.2, 0.25) is 0 Å². The minimum Gasteiger partial charge on any atom is -0.379 e. The standard InChI is InChI=1S/C16H18FNO3S2/c1-11-9-13(3-4-15(11)17)18(14-5-7-21-10-14)23(19,20)16-6-8-22-12(16)2/h3-4,6,8-9,14H,5,7,10H2,1-2H3/t14-/m0/s1. The molecule has 0 saturated carbocycles. The number of benzene rings is 1. The van der Waals surface area contributed by atoms with Gasteiger partial charge in [-0.25, -0.2) is 12.8 Å². The van der Waals surface area contributed by atoms with Crippen molar-refractivity contribution in [1.29, 1.82) is 0 Å². The normalized spacial score (nSPS) is 18.3. The van der Waals surface area contributed by atoms with Gasteiger partial charge >= 0.3 is 0 Å². The number of aryl methyl sites for hydroxylation is 2. The number of sulfonamides is 1. The highest BCUT2D eigenvalue weighted by atomic mass is 32.2. The zero-order chi connectivity index (χ0) is 16.6. The molecule has 1 aromatic carbocycles. The maximum atomic E-state index is 13.6. The van der Waals surface area contributed by atoms with Crippen LogP contribution in [0.4, 0.5) is 10.1 Å². The van der Waals surface area contributed by atoms with Gasteiger partial charge < -0.3 is 4.74 Å². The van der Waals surface area contributed by atoms with Crippen molar-refractivity contribution in [1.82, 2.24) is 0 Å². The Labute approximate surface area is 139 Å². The van der Waals surface area contributed by atoms with Gasteiger partial charge in [-0.3, -0.25) is 4.31 Å². The van der Waals surface area contributed by atoms with Crippen LogP contribution in [0.25, 0.3) is 0 Å². The number of anilines is 1. The molecule has 23 heavy (non-hydrogen) atoms. The molecule has 0 spiro atoms. The Morgan fingerprint density at radius 2 is 2.09 bits per heavy atom. The first kappa shape index (κ1) is 16.4. The Balaban J connectivity index is 2.12. The van der Waals surface area contributed by atoms with Gasteiger partial charge in [-0.1, -0.05) is 0 Å². The fourth-order valence-electron chi connectivity index (χ4n) is 2.77. The second kappa shape index (κ2) is 6.22. The molecule has 0 unspecified atom stereocenters. The maximum Gasteiger partial charge on any atom is 0.265 e. The van der Waals surface area contributed by atoms with Crippen LogP contribution >= 0.6 is 11.3 Å². The molecular formula is C16H18FNO3S2. The van der Waals surface area contributed by atoms with E-state index in [1.807, 2.05) is 0 Å². The third-order valence-electron chi connectivity index (χ3n) is 3.98. The molecule has 7 heteroatoms. The lowest BCUT2D eigenvalue weighted by molar-refractivity contribution is 0.194. The first-order valence-corrected chi connectivity index (χ1v) is 9.65. The van der Waals surface area contributed by atoms with E-state index >= 15 is 0 Å². The predicted octanol–water partition coefficient (Wildman–Crippen LogP) is 3.49. The quantitative estimate of drug-likeness (QED) is 0.843. The van der Waals surface area contributed by atoms with Gasteiger partial charge in [-0.2, -0.15) is 0 Å². The number of halogens is 1. The van der Waals surface area contributed by atoms with Crippen LogP contribution < -0.4 is 4.31 Å². The van der Waals surface area contributed by atoms with Crippen LogP contribution in [0, 0.1) is 19.7 Å². The number of hydrogen-bond acceptors (Lipinski definition) is 4. The maximum absolute atomic E-state index is 13.6. The largest absolute Gasteiger partial charge is 0.379 e. The van der Waals surface area contributed by atoms with E-state index in [-0.39, 0.29) is 11.9 Å². The third-order valence-corrected chi connectivity index (χ3v) is 6.98. The van der Waals surface area contributed by atoms with Crippen LogP contribution in [0.5, 0.6) is 0 Å². The fourth-order valence-corrected chi connectivity index (χ4v) is 5.67. The summed E-state index contributed by atoms with van der Waals surface area (Å²) >= 11 is 1.39. The number of nitrogens with zero attached hydrogens (tertiary/aromatic N) is 1. The summed E-state index contributed by atoms with van der Waals surface area (Å²) in [5.41, 5.74) is 0.897. The van der Waals surface area contributed by atoms with Crippen molar-refractivity contribution in [2.45, 2.75) is 31.2 Å². The number of hydrogen-bond donors (Lipinski definition) is 0. The molecule has 4 nitrogen and oxygen atoms in total. The molecule has 1 aliphatic rings. The summed E-state index contributed by atoms with van der Waals surface area (Å²) < 4.78 is 46.7. The first-order valence-electron chi connectivity index (χ1n) is 7.33. The van der Waals surface area contributed by atoms with Crippen molar-refractivity contribution < 1.29 is 17.5 Å². The molecule has 0 bridgehead atoms. The average Bonchev–Trinajstić information content (AvgIpc) is 3.14. The molecule has 0 aliphatic carbocycles. The second-order valence-electron chi connectivity index (χ2n) is 5.59. The van der Waals surface area contributed by atoms with Crippen LogP contribution in [0.3, 0.4) is 0 Å². The monoisotopic (exact) mass is 355 g/mol. The predicted molar refractivity (Wildman–Crippen MR) is 89.1 cm³/mol. The summed E-state index contributed by atoms with van der Waals surface area (Å²) in [7, 11) is -3.71. The van der Waals surface area contributed by atoms with Crippen LogP contribution in [0.15, 0.2) is 34.5 Å². The molecule has 2 heterocycles. The molecule has 0 amide bonds. The topological polar surface area (TPSA) is 46.6 Å². The van der Waals surface area contributed by atoms with E-state index in [0.29, 0.717) is 35.8 Å². The highest BCUT2D eigenvalue weighted by Crippen LogP contribution is 2.33. The molecule has 1 fully saturated rings. The van der Waals surface area contributed by atoms with Crippen molar-refractivity contribution in [3.05, 3.63) is 45.9 Å². The van der Waals surface area contributed by atoms with E-state index in [0.717, 1.165) is 4.88 Å². The Hall–Kier alpha value is -1.44.